The van der Waals surface area contributed by atoms with Crippen LogP contribution in [0.5, 0.6) is 0 Å². The van der Waals surface area contributed by atoms with E-state index in [0.717, 1.165) is 12.4 Å². The zero-order valence-electron chi connectivity index (χ0n) is 14.2. The van der Waals surface area contributed by atoms with Gasteiger partial charge in [-0.3, -0.25) is 9.88 Å². The molecule has 0 radical (unpaired) electrons. The van der Waals surface area contributed by atoms with Gasteiger partial charge in [-0.25, -0.2) is 9.97 Å². The lowest BCUT2D eigenvalue weighted by atomic mass is 9.89. The fourth-order valence-electron chi connectivity index (χ4n) is 3.32. The molecule has 0 spiro atoms. The van der Waals surface area contributed by atoms with Crippen LogP contribution in [0.15, 0.2) is 36.9 Å². The van der Waals surface area contributed by atoms with Gasteiger partial charge < -0.3 is 0 Å². The molecule has 2 aromatic heterocycles. The molecule has 1 fully saturated rings. The van der Waals surface area contributed by atoms with Gasteiger partial charge in [0, 0.05) is 48.9 Å². The lowest BCUT2D eigenvalue weighted by Gasteiger charge is -2.25. The summed E-state index contributed by atoms with van der Waals surface area (Å²) in [7, 11) is 2.13. The van der Waals surface area contributed by atoms with E-state index < -0.39 is 0 Å². The summed E-state index contributed by atoms with van der Waals surface area (Å²) < 4.78 is 0. The van der Waals surface area contributed by atoms with E-state index in [0.29, 0.717) is 12.0 Å². The van der Waals surface area contributed by atoms with Gasteiger partial charge in [0.05, 0.1) is 0 Å². The molecule has 1 saturated carbocycles. The number of rotatable bonds is 5. The second kappa shape index (κ2) is 7.64. The molecule has 4 heteroatoms. The predicted octanol–water partition coefficient (Wildman–Crippen LogP) is 4.11. The molecular formula is C19H26N4. The van der Waals surface area contributed by atoms with E-state index in [9.17, 15) is 0 Å². The minimum atomic E-state index is 0.321. The molecule has 122 valence electrons. The number of pyridine rings is 1. The number of hydrogen-bond acceptors (Lipinski definition) is 4. The average Bonchev–Trinajstić information content (AvgIpc) is 2.63. The smallest absolute Gasteiger partial charge is 0.131 e. The molecule has 0 aliphatic heterocycles. The first-order valence-corrected chi connectivity index (χ1v) is 8.65. The van der Waals surface area contributed by atoms with Gasteiger partial charge >= 0.3 is 0 Å². The molecule has 0 saturated heterocycles. The third-order valence-electron chi connectivity index (χ3n) is 4.96. The first-order chi connectivity index (χ1) is 11.2. The van der Waals surface area contributed by atoms with Crippen LogP contribution < -0.4 is 0 Å². The molecule has 2 aromatic rings. The third-order valence-corrected chi connectivity index (χ3v) is 4.96. The highest BCUT2D eigenvalue weighted by atomic mass is 15.1. The Kier molecular flexibility index (Phi) is 5.34. The standard InChI is InChI=1S/C19H26N4/c1-15(18-9-6-10-20-13-18)23(2)14-16-11-21-19(22-12-16)17-7-4-3-5-8-17/h6,9-13,15,17H,3-5,7-8,14H2,1-2H3/t15-/m0/s1. The lowest BCUT2D eigenvalue weighted by Crippen LogP contribution is -2.22. The van der Waals surface area contributed by atoms with E-state index >= 15 is 0 Å². The molecular weight excluding hydrogens is 284 g/mol. The zero-order valence-corrected chi connectivity index (χ0v) is 14.2. The Hall–Kier alpha value is -1.81. The van der Waals surface area contributed by atoms with E-state index in [1.54, 1.807) is 0 Å². The average molecular weight is 310 g/mol. The molecule has 2 heterocycles. The van der Waals surface area contributed by atoms with Gasteiger partial charge in [-0.15, -0.1) is 0 Å². The van der Waals surface area contributed by atoms with Gasteiger partial charge in [0.2, 0.25) is 0 Å². The summed E-state index contributed by atoms with van der Waals surface area (Å²) in [6, 6.07) is 4.43. The van der Waals surface area contributed by atoms with E-state index in [-0.39, 0.29) is 0 Å². The molecule has 1 aliphatic rings. The Morgan fingerprint density at radius 2 is 1.87 bits per heavy atom. The molecule has 1 aliphatic carbocycles. The summed E-state index contributed by atoms with van der Waals surface area (Å²) in [6.07, 6.45) is 14.3. The second-order valence-electron chi connectivity index (χ2n) is 6.66. The van der Waals surface area contributed by atoms with E-state index in [1.165, 1.54) is 43.2 Å². The summed E-state index contributed by atoms with van der Waals surface area (Å²) >= 11 is 0. The fourth-order valence-corrected chi connectivity index (χ4v) is 3.32. The quantitative estimate of drug-likeness (QED) is 0.833. The van der Waals surface area contributed by atoms with Crippen molar-refractivity contribution in [3.8, 4) is 0 Å². The number of nitrogens with zero attached hydrogens (tertiary/aromatic N) is 4. The molecule has 1 atom stereocenters. The molecule has 0 unspecified atom stereocenters. The maximum Gasteiger partial charge on any atom is 0.131 e. The van der Waals surface area contributed by atoms with Crippen molar-refractivity contribution < 1.29 is 0 Å². The SMILES string of the molecule is C[C@@H](c1cccnc1)N(C)Cc1cnc(C2CCCCC2)nc1. The summed E-state index contributed by atoms with van der Waals surface area (Å²) in [4.78, 5) is 15.8. The minimum absolute atomic E-state index is 0.321. The van der Waals surface area contributed by atoms with Gasteiger partial charge in [-0.2, -0.15) is 0 Å². The van der Waals surface area contributed by atoms with Crippen LogP contribution in [0, 0.1) is 0 Å². The zero-order chi connectivity index (χ0) is 16.1. The highest BCUT2D eigenvalue weighted by molar-refractivity contribution is 5.14. The topological polar surface area (TPSA) is 41.9 Å². The Balaban J connectivity index is 1.61. The van der Waals surface area contributed by atoms with Crippen LogP contribution in [0.4, 0.5) is 0 Å². The molecule has 3 rings (SSSR count). The number of hydrogen-bond donors (Lipinski definition) is 0. The van der Waals surface area contributed by atoms with Crippen LogP contribution in [0.25, 0.3) is 0 Å². The Morgan fingerprint density at radius 3 is 2.52 bits per heavy atom. The van der Waals surface area contributed by atoms with Crippen LogP contribution in [0.2, 0.25) is 0 Å². The van der Waals surface area contributed by atoms with Gasteiger partial charge in [-0.05, 0) is 38.4 Å². The first kappa shape index (κ1) is 16.1. The lowest BCUT2D eigenvalue weighted by molar-refractivity contribution is 0.252. The Labute approximate surface area is 139 Å². The predicted molar refractivity (Wildman–Crippen MR) is 92.0 cm³/mol. The first-order valence-electron chi connectivity index (χ1n) is 8.65. The highest BCUT2D eigenvalue weighted by Crippen LogP contribution is 2.30. The Bertz CT molecular complexity index is 591. The maximum absolute atomic E-state index is 4.64. The van der Waals surface area contributed by atoms with Gasteiger partial charge in [-0.1, -0.05) is 25.3 Å². The molecule has 0 aromatic carbocycles. The monoisotopic (exact) mass is 310 g/mol. The van der Waals surface area contributed by atoms with Crippen molar-refractivity contribution in [1.29, 1.82) is 0 Å². The molecule has 4 nitrogen and oxygen atoms in total. The molecule has 0 amide bonds. The van der Waals surface area contributed by atoms with Crippen molar-refractivity contribution in [3.63, 3.8) is 0 Å². The van der Waals surface area contributed by atoms with Gasteiger partial charge in [0.1, 0.15) is 5.82 Å². The van der Waals surface area contributed by atoms with E-state index in [2.05, 4.69) is 39.9 Å². The maximum atomic E-state index is 4.64. The van der Waals surface area contributed by atoms with Gasteiger partial charge in [0.25, 0.3) is 0 Å². The van der Waals surface area contributed by atoms with Crippen molar-refractivity contribution in [1.82, 2.24) is 19.9 Å². The molecule has 23 heavy (non-hydrogen) atoms. The van der Waals surface area contributed by atoms with Crippen LogP contribution >= 0.6 is 0 Å². The third kappa shape index (κ3) is 4.14. The minimum Gasteiger partial charge on any atom is -0.295 e. The van der Waals surface area contributed by atoms with Crippen LogP contribution in [0.1, 0.15) is 67.9 Å². The molecule has 0 bridgehead atoms. The van der Waals surface area contributed by atoms with E-state index in [4.69, 9.17) is 0 Å². The second-order valence-corrected chi connectivity index (χ2v) is 6.66. The van der Waals surface area contributed by atoms with E-state index in [1.807, 2.05) is 30.9 Å². The largest absolute Gasteiger partial charge is 0.295 e. The van der Waals surface area contributed by atoms with Gasteiger partial charge in [0.15, 0.2) is 0 Å². The normalized spacial score (nSPS) is 17.3. The van der Waals surface area contributed by atoms with Crippen molar-refractivity contribution in [2.45, 2.75) is 57.5 Å². The van der Waals surface area contributed by atoms with Crippen LogP contribution in [-0.4, -0.2) is 26.9 Å². The van der Waals surface area contributed by atoms with Crippen molar-refractivity contribution in [2.75, 3.05) is 7.05 Å². The summed E-state index contributed by atoms with van der Waals surface area (Å²) in [5.41, 5.74) is 2.40. The van der Waals surface area contributed by atoms with Crippen molar-refractivity contribution in [2.24, 2.45) is 0 Å². The highest BCUT2D eigenvalue weighted by Gasteiger charge is 2.18. The summed E-state index contributed by atoms with van der Waals surface area (Å²) in [6.45, 7) is 3.05. The summed E-state index contributed by atoms with van der Waals surface area (Å²) in [5, 5.41) is 0. The fraction of sp³-hybridized carbons (Fsp3) is 0.526. The van der Waals surface area contributed by atoms with Crippen LogP contribution in [0.3, 0.4) is 0 Å². The summed E-state index contributed by atoms with van der Waals surface area (Å²) in [5.74, 6) is 1.61. The van der Waals surface area contributed by atoms with Crippen molar-refractivity contribution in [3.05, 3.63) is 53.9 Å². The number of aromatic nitrogens is 3. The molecule has 0 N–H and O–H groups in total. The van der Waals surface area contributed by atoms with Crippen LogP contribution in [-0.2, 0) is 6.54 Å². The van der Waals surface area contributed by atoms with Crippen molar-refractivity contribution >= 4 is 0 Å². The Morgan fingerprint density at radius 1 is 1.13 bits per heavy atom.